The van der Waals surface area contributed by atoms with Crippen LogP contribution in [0, 0.1) is 5.92 Å². The maximum Gasteiger partial charge on any atom is 0.305 e. The molecular formula is C33H41N3O5. The molecule has 0 bridgehead atoms. The number of rotatable bonds is 18. The minimum absolute atomic E-state index is 0.00877. The molecule has 8 heteroatoms. The lowest BCUT2D eigenvalue weighted by Gasteiger charge is -2.23. The lowest BCUT2D eigenvalue weighted by molar-refractivity contribution is -0.145. The summed E-state index contributed by atoms with van der Waals surface area (Å²) in [5.41, 5.74) is 2.95. The fourth-order valence-corrected chi connectivity index (χ4v) is 4.75. The van der Waals surface area contributed by atoms with Gasteiger partial charge in [-0.3, -0.25) is 14.4 Å². The second-order valence-electron chi connectivity index (χ2n) is 10.2. The highest BCUT2D eigenvalue weighted by Crippen LogP contribution is 2.20. The Morgan fingerprint density at radius 2 is 1.71 bits per heavy atom. The molecule has 4 N–H and O–H groups in total. The van der Waals surface area contributed by atoms with Crippen LogP contribution in [0.4, 0.5) is 0 Å². The largest absolute Gasteiger partial charge is 0.463 e. The van der Waals surface area contributed by atoms with Crippen molar-refractivity contribution in [2.24, 2.45) is 5.92 Å². The van der Waals surface area contributed by atoms with Crippen molar-refractivity contribution in [3.05, 3.63) is 97.2 Å². The molecule has 3 atom stereocenters. The van der Waals surface area contributed by atoms with Crippen LogP contribution in [0.25, 0.3) is 10.9 Å². The van der Waals surface area contributed by atoms with Gasteiger partial charge in [0.05, 0.1) is 24.6 Å². The predicted molar refractivity (Wildman–Crippen MR) is 161 cm³/mol. The molecule has 8 nitrogen and oxygen atoms in total. The van der Waals surface area contributed by atoms with Crippen molar-refractivity contribution >= 4 is 28.7 Å². The Morgan fingerprint density at radius 3 is 2.44 bits per heavy atom. The average Bonchev–Trinajstić information content (AvgIpc) is 3.38. The number of amides is 2. The second-order valence-corrected chi connectivity index (χ2v) is 10.2. The number of hydrogen-bond donors (Lipinski definition) is 4. The van der Waals surface area contributed by atoms with Gasteiger partial charge in [-0.05, 0) is 49.3 Å². The van der Waals surface area contributed by atoms with Gasteiger partial charge >= 0.3 is 5.97 Å². The van der Waals surface area contributed by atoms with Gasteiger partial charge in [-0.25, -0.2) is 0 Å². The first-order valence-electron chi connectivity index (χ1n) is 14.1. The monoisotopic (exact) mass is 559 g/mol. The van der Waals surface area contributed by atoms with Crippen molar-refractivity contribution in [2.45, 2.75) is 57.0 Å². The molecule has 0 aliphatic rings. The molecular weight excluding hydrogens is 518 g/mol. The number of benzene rings is 2. The molecule has 0 aliphatic carbocycles. The van der Waals surface area contributed by atoms with Crippen molar-refractivity contribution in [1.29, 1.82) is 0 Å². The molecule has 1 aromatic heterocycles. The normalized spacial score (nSPS) is 13.1. The highest BCUT2D eigenvalue weighted by molar-refractivity contribution is 5.86. The van der Waals surface area contributed by atoms with Crippen LogP contribution in [-0.4, -0.2) is 53.2 Å². The Labute approximate surface area is 241 Å². The third-order valence-electron chi connectivity index (χ3n) is 6.89. The number of ether oxygens (including phenoxy) is 1. The Hall–Kier alpha value is -4.17. The smallest absolute Gasteiger partial charge is 0.305 e. The van der Waals surface area contributed by atoms with E-state index in [1.165, 1.54) is 0 Å². The number of H-pyrrole nitrogens is 1. The number of fused-ring (bicyclic) bond motifs is 1. The van der Waals surface area contributed by atoms with Gasteiger partial charge in [0.25, 0.3) is 0 Å². The van der Waals surface area contributed by atoms with E-state index in [1.54, 1.807) is 12.2 Å². The van der Waals surface area contributed by atoms with Gasteiger partial charge < -0.3 is 25.5 Å². The molecule has 0 radical (unpaired) electrons. The molecule has 0 aliphatic heterocycles. The van der Waals surface area contributed by atoms with Crippen LogP contribution in [0.2, 0.25) is 0 Å². The van der Waals surface area contributed by atoms with E-state index in [0.29, 0.717) is 25.7 Å². The summed E-state index contributed by atoms with van der Waals surface area (Å²) < 4.78 is 5.53. The quantitative estimate of drug-likeness (QED) is 0.105. The number of aromatic amines is 1. The van der Waals surface area contributed by atoms with E-state index in [-0.39, 0.29) is 43.8 Å². The number of aliphatic hydroxyl groups excluding tert-OH is 1. The van der Waals surface area contributed by atoms with E-state index in [1.807, 2.05) is 60.8 Å². The zero-order chi connectivity index (χ0) is 29.5. The molecule has 3 unspecified atom stereocenters. The number of allylic oxidation sites excluding steroid dienone is 2. The molecule has 2 aromatic carbocycles. The third kappa shape index (κ3) is 10.4. The zero-order valence-electron chi connectivity index (χ0n) is 23.5. The lowest BCUT2D eigenvalue weighted by atomic mass is 9.97. The maximum absolute atomic E-state index is 13.4. The first-order chi connectivity index (χ1) is 19.9. The number of unbranched alkanes of at least 4 members (excludes halogenated alkanes) is 1. The van der Waals surface area contributed by atoms with Crippen LogP contribution in [0.1, 0.15) is 43.2 Å². The van der Waals surface area contributed by atoms with Gasteiger partial charge in [0.15, 0.2) is 0 Å². The summed E-state index contributed by atoms with van der Waals surface area (Å²) in [5, 5.41) is 16.7. The van der Waals surface area contributed by atoms with Crippen LogP contribution >= 0.6 is 0 Å². The van der Waals surface area contributed by atoms with Crippen molar-refractivity contribution < 1.29 is 24.2 Å². The second kappa shape index (κ2) is 16.8. The molecule has 0 saturated carbocycles. The van der Waals surface area contributed by atoms with E-state index >= 15 is 0 Å². The summed E-state index contributed by atoms with van der Waals surface area (Å²) >= 11 is 0. The number of para-hydroxylation sites is 1. The van der Waals surface area contributed by atoms with E-state index in [2.05, 4.69) is 28.8 Å². The van der Waals surface area contributed by atoms with Gasteiger partial charge in [0.2, 0.25) is 11.8 Å². The van der Waals surface area contributed by atoms with Crippen molar-refractivity contribution in [2.75, 3.05) is 13.2 Å². The summed E-state index contributed by atoms with van der Waals surface area (Å²) in [4.78, 5) is 41.9. The van der Waals surface area contributed by atoms with Gasteiger partial charge in [-0.15, -0.1) is 13.2 Å². The van der Waals surface area contributed by atoms with Crippen molar-refractivity contribution in [3.8, 4) is 0 Å². The van der Waals surface area contributed by atoms with Gasteiger partial charge in [-0.2, -0.15) is 0 Å². The van der Waals surface area contributed by atoms with E-state index in [9.17, 15) is 19.5 Å². The summed E-state index contributed by atoms with van der Waals surface area (Å²) in [7, 11) is 0. The van der Waals surface area contributed by atoms with E-state index in [0.717, 1.165) is 28.5 Å². The average molecular weight is 560 g/mol. The lowest BCUT2D eigenvalue weighted by Crippen LogP contribution is -2.45. The summed E-state index contributed by atoms with van der Waals surface area (Å²) in [6, 6.07) is 16.5. The fraction of sp³-hybridized carbons (Fsp3) is 0.364. The van der Waals surface area contributed by atoms with Crippen molar-refractivity contribution in [3.63, 3.8) is 0 Å². The predicted octanol–water partition coefficient (Wildman–Crippen LogP) is 4.40. The summed E-state index contributed by atoms with van der Waals surface area (Å²) in [6.07, 6.45) is 8.05. The number of carbonyl (C=O) groups is 3. The third-order valence-corrected chi connectivity index (χ3v) is 6.89. The Kier molecular flexibility index (Phi) is 12.9. The standard InChI is InChI=1S/C33H41N3O5/c1-3-5-7-17-32(39)41-23-28(19-26-21-34-30-16-11-10-15-29(26)30)36-33(40)25(12-4-2)20-31(38)35-27(22-37)18-24-13-8-6-9-14-24/h3-4,6,8-11,13-16,21,25,27-28,34,37H,1-2,5,7,12,17-20,22-23H2,(H,35,38)(H,36,40). The first-order valence-corrected chi connectivity index (χ1v) is 14.1. The number of esters is 1. The summed E-state index contributed by atoms with van der Waals surface area (Å²) in [6.45, 7) is 7.22. The Bertz CT molecular complexity index is 1290. The number of nitrogens with one attached hydrogen (secondary N) is 3. The minimum atomic E-state index is -0.669. The molecule has 41 heavy (non-hydrogen) atoms. The highest BCUT2D eigenvalue weighted by atomic mass is 16.5. The molecule has 2 amide bonds. The number of aliphatic hydroxyl groups is 1. The van der Waals surface area contributed by atoms with Gasteiger partial charge in [-0.1, -0.05) is 60.7 Å². The van der Waals surface area contributed by atoms with Gasteiger partial charge in [0.1, 0.15) is 6.61 Å². The first kappa shape index (κ1) is 31.4. The van der Waals surface area contributed by atoms with Crippen LogP contribution < -0.4 is 10.6 Å². The van der Waals surface area contributed by atoms with Crippen molar-refractivity contribution in [1.82, 2.24) is 15.6 Å². The Morgan fingerprint density at radius 1 is 0.951 bits per heavy atom. The number of aromatic nitrogens is 1. The maximum atomic E-state index is 13.4. The summed E-state index contributed by atoms with van der Waals surface area (Å²) in [5.74, 6) is -1.65. The van der Waals surface area contributed by atoms with Crippen LogP contribution in [0.3, 0.4) is 0 Å². The van der Waals surface area contributed by atoms with Crippen LogP contribution in [-0.2, 0) is 32.0 Å². The topological polar surface area (TPSA) is 121 Å². The number of hydrogen-bond acceptors (Lipinski definition) is 5. The van der Waals surface area contributed by atoms with E-state index in [4.69, 9.17) is 4.74 Å². The van der Waals surface area contributed by atoms with Crippen LogP contribution in [0.5, 0.6) is 0 Å². The molecule has 0 fully saturated rings. The molecule has 0 spiro atoms. The zero-order valence-corrected chi connectivity index (χ0v) is 23.5. The van der Waals surface area contributed by atoms with Crippen LogP contribution in [0.15, 0.2) is 86.1 Å². The highest BCUT2D eigenvalue weighted by Gasteiger charge is 2.26. The molecule has 218 valence electrons. The minimum Gasteiger partial charge on any atom is -0.463 e. The fourth-order valence-electron chi connectivity index (χ4n) is 4.75. The molecule has 3 rings (SSSR count). The molecule has 1 heterocycles. The molecule has 3 aromatic rings. The molecule has 0 saturated heterocycles. The van der Waals surface area contributed by atoms with E-state index < -0.39 is 18.0 Å². The van der Waals surface area contributed by atoms with Gasteiger partial charge in [0, 0.05) is 29.9 Å². The SMILES string of the molecule is C=CCCCC(=O)OCC(Cc1c[nH]c2ccccc12)NC(=O)C(CC=C)CC(=O)NC(CO)Cc1ccccc1. The Balaban J connectivity index is 1.66. The number of carbonyl (C=O) groups excluding carboxylic acids is 3.